The van der Waals surface area contributed by atoms with Gasteiger partial charge < -0.3 is 20.7 Å². The molecule has 9 heteroatoms. The molecule has 0 atom stereocenters. The Labute approximate surface area is 185 Å². The molecule has 160 valence electrons. The lowest BCUT2D eigenvalue weighted by molar-refractivity contribution is 0.414. The molecule has 0 spiro atoms. The van der Waals surface area contributed by atoms with Gasteiger partial charge in [-0.15, -0.1) is 5.10 Å². The van der Waals surface area contributed by atoms with Crippen LogP contribution in [0.25, 0.3) is 28.0 Å². The summed E-state index contributed by atoms with van der Waals surface area (Å²) in [6.45, 7) is 1.55. The number of nitrogens with zero attached hydrogens (tertiary/aromatic N) is 5. The Morgan fingerprint density at radius 2 is 1.77 bits per heavy atom. The topological polar surface area (TPSA) is 94.1 Å². The van der Waals surface area contributed by atoms with Crippen LogP contribution in [-0.2, 0) is 0 Å². The third kappa shape index (κ3) is 4.40. The number of nitrogen functional groups attached to an aromatic ring is 1. The van der Waals surface area contributed by atoms with Gasteiger partial charge in [0.15, 0.2) is 5.65 Å². The highest BCUT2D eigenvalue weighted by Gasteiger charge is 2.19. The van der Waals surface area contributed by atoms with Crippen LogP contribution in [-0.4, -0.2) is 58.9 Å². The maximum atomic E-state index is 6.54. The van der Waals surface area contributed by atoms with E-state index >= 15 is 0 Å². The van der Waals surface area contributed by atoms with Gasteiger partial charge in [-0.3, -0.25) is 0 Å². The highest BCUT2D eigenvalue weighted by atomic mass is 35.5. The van der Waals surface area contributed by atoms with Crippen LogP contribution in [0.15, 0.2) is 48.5 Å². The van der Waals surface area contributed by atoms with Crippen LogP contribution in [0.2, 0.25) is 5.02 Å². The first-order valence-corrected chi connectivity index (χ1v) is 10.2. The molecule has 0 radical (unpaired) electrons. The van der Waals surface area contributed by atoms with E-state index in [2.05, 4.69) is 20.3 Å². The summed E-state index contributed by atoms with van der Waals surface area (Å²) in [5.74, 6) is 1.72. The van der Waals surface area contributed by atoms with Crippen molar-refractivity contribution >= 4 is 34.4 Å². The van der Waals surface area contributed by atoms with E-state index in [1.807, 2.05) is 62.6 Å². The van der Waals surface area contributed by atoms with Crippen molar-refractivity contribution in [3.05, 3.63) is 53.6 Å². The van der Waals surface area contributed by atoms with E-state index in [0.717, 1.165) is 23.5 Å². The molecular weight excluding hydrogens is 414 g/mol. The van der Waals surface area contributed by atoms with Gasteiger partial charge in [0.1, 0.15) is 11.6 Å². The van der Waals surface area contributed by atoms with Crippen molar-refractivity contribution in [3.63, 3.8) is 0 Å². The molecule has 0 saturated heterocycles. The van der Waals surface area contributed by atoms with Gasteiger partial charge in [-0.2, -0.15) is 4.98 Å². The summed E-state index contributed by atoms with van der Waals surface area (Å²) in [4.78, 5) is 11.5. The second-order valence-electron chi connectivity index (χ2n) is 7.33. The van der Waals surface area contributed by atoms with Crippen molar-refractivity contribution in [1.29, 1.82) is 0 Å². The van der Waals surface area contributed by atoms with Crippen molar-refractivity contribution in [2.24, 2.45) is 0 Å². The van der Waals surface area contributed by atoms with Crippen molar-refractivity contribution in [3.8, 4) is 22.7 Å². The standard InChI is InChI=1S/C22H24ClN7O/c1-29(2)13-12-25-22-26-19(14-4-6-15(23)7-5-14)18-20(24)30(28-21(18)27-22)16-8-10-17(31-3)11-9-16/h4-11H,12-13,24H2,1-3H3,(H,25,27,28). The number of aromatic nitrogens is 4. The van der Waals surface area contributed by atoms with Gasteiger partial charge in [-0.25, -0.2) is 9.67 Å². The number of ether oxygens (including phenoxy) is 1. The molecule has 2 aromatic carbocycles. The highest BCUT2D eigenvalue weighted by Crippen LogP contribution is 2.33. The predicted molar refractivity (Wildman–Crippen MR) is 125 cm³/mol. The smallest absolute Gasteiger partial charge is 0.225 e. The van der Waals surface area contributed by atoms with Gasteiger partial charge in [0, 0.05) is 23.7 Å². The number of likely N-dealkylation sites (N-methyl/N-ethyl adjacent to an activating group) is 1. The first-order valence-electron chi connectivity index (χ1n) is 9.81. The summed E-state index contributed by atoms with van der Waals surface area (Å²) < 4.78 is 6.91. The average Bonchev–Trinajstić information content (AvgIpc) is 3.10. The van der Waals surface area contributed by atoms with Crippen molar-refractivity contribution in [2.75, 3.05) is 45.3 Å². The van der Waals surface area contributed by atoms with Crippen LogP contribution in [0, 0.1) is 0 Å². The number of fused-ring (bicyclic) bond motifs is 1. The number of halogens is 1. The van der Waals surface area contributed by atoms with Crippen molar-refractivity contribution in [2.45, 2.75) is 0 Å². The van der Waals surface area contributed by atoms with E-state index < -0.39 is 0 Å². The van der Waals surface area contributed by atoms with Gasteiger partial charge in [-0.1, -0.05) is 23.7 Å². The largest absolute Gasteiger partial charge is 0.497 e. The number of hydrogen-bond acceptors (Lipinski definition) is 7. The fraction of sp³-hybridized carbons (Fsp3) is 0.227. The van der Waals surface area contributed by atoms with Crippen molar-refractivity contribution < 1.29 is 4.74 Å². The number of rotatable bonds is 7. The van der Waals surface area contributed by atoms with Gasteiger partial charge in [0.25, 0.3) is 0 Å². The number of benzene rings is 2. The minimum atomic E-state index is 0.463. The van der Waals surface area contributed by atoms with E-state index in [4.69, 9.17) is 27.1 Å². The zero-order valence-electron chi connectivity index (χ0n) is 17.6. The van der Waals surface area contributed by atoms with E-state index in [1.54, 1.807) is 11.8 Å². The molecular formula is C22H24ClN7O. The molecule has 0 unspecified atom stereocenters. The van der Waals surface area contributed by atoms with Crippen LogP contribution in [0.4, 0.5) is 11.8 Å². The summed E-state index contributed by atoms with van der Waals surface area (Å²) in [6.07, 6.45) is 0. The monoisotopic (exact) mass is 437 g/mol. The lowest BCUT2D eigenvalue weighted by atomic mass is 10.1. The van der Waals surface area contributed by atoms with Crippen LogP contribution < -0.4 is 15.8 Å². The number of anilines is 2. The van der Waals surface area contributed by atoms with Gasteiger partial charge >= 0.3 is 0 Å². The first-order chi connectivity index (χ1) is 15.0. The zero-order chi connectivity index (χ0) is 22.0. The number of methoxy groups -OCH3 is 1. The zero-order valence-corrected chi connectivity index (χ0v) is 18.4. The van der Waals surface area contributed by atoms with Crippen LogP contribution >= 0.6 is 11.6 Å². The Morgan fingerprint density at radius 1 is 1.06 bits per heavy atom. The molecule has 31 heavy (non-hydrogen) atoms. The fourth-order valence-corrected chi connectivity index (χ4v) is 3.34. The van der Waals surface area contributed by atoms with E-state index in [9.17, 15) is 0 Å². The van der Waals surface area contributed by atoms with Crippen LogP contribution in [0.1, 0.15) is 0 Å². The summed E-state index contributed by atoms with van der Waals surface area (Å²) in [7, 11) is 5.66. The molecule has 0 fully saturated rings. The SMILES string of the molecule is COc1ccc(-n2nc3nc(NCCN(C)C)nc(-c4ccc(Cl)cc4)c3c2N)cc1. The van der Waals surface area contributed by atoms with Gasteiger partial charge in [0.2, 0.25) is 5.95 Å². The molecule has 0 bridgehead atoms. The minimum Gasteiger partial charge on any atom is -0.497 e. The summed E-state index contributed by atoms with van der Waals surface area (Å²) in [5, 5.41) is 9.29. The maximum absolute atomic E-state index is 6.54. The second-order valence-corrected chi connectivity index (χ2v) is 7.76. The number of nitrogens with two attached hydrogens (primary N) is 1. The molecule has 4 rings (SSSR count). The minimum absolute atomic E-state index is 0.463. The normalized spacial score (nSPS) is 11.3. The molecule has 0 aliphatic carbocycles. The molecule has 2 heterocycles. The molecule has 0 aliphatic heterocycles. The predicted octanol–water partition coefficient (Wildman–Crippen LogP) is 3.70. The fourth-order valence-electron chi connectivity index (χ4n) is 3.22. The molecule has 0 amide bonds. The Hall–Kier alpha value is -3.36. The molecule has 8 nitrogen and oxygen atoms in total. The second kappa shape index (κ2) is 8.79. The lowest BCUT2D eigenvalue weighted by Crippen LogP contribution is -2.21. The lowest BCUT2D eigenvalue weighted by Gasteiger charge is -2.11. The van der Waals surface area contributed by atoms with E-state index in [1.165, 1.54) is 0 Å². The van der Waals surface area contributed by atoms with Gasteiger partial charge in [0.05, 0.1) is 23.9 Å². The average molecular weight is 438 g/mol. The third-order valence-corrected chi connectivity index (χ3v) is 5.10. The summed E-state index contributed by atoms with van der Waals surface area (Å²) in [5.41, 5.74) is 9.44. The van der Waals surface area contributed by atoms with Crippen LogP contribution in [0.5, 0.6) is 5.75 Å². The van der Waals surface area contributed by atoms with Crippen molar-refractivity contribution in [1.82, 2.24) is 24.6 Å². The highest BCUT2D eigenvalue weighted by molar-refractivity contribution is 6.30. The molecule has 0 aliphatic rings. The summed E-state index contributed by atoms with van der Waals surface area (Å²) in [6, 6.07) is 15.0. The van der Waals surface area contributed by atoms with E-state index in [0.29, 0.717) is 40.1 Å². The molecule has 4 aromatic rings. The number of nitrogens with one attached hydrogen (secondary N) is 1. The van der Waals surface area contributed by atoms with Gasteiger partial charge in [-0.05, 0) is 50.5 Å². The Kier molecular flexibility index (Phi) is 5.92. The Morgan fingerprint density at radius 3 is 2.42 bits per heavy atom. The molecule has 0 saturated carbocycles. The maximum Gasteiger partial charge on any atom is 0.225 e. The Bertz CT molecular complexity index is 1190. The quantitative estimate of drug-likeness (QED) is 0.455. The summed E-state index contributed by atoms with van der Waals surface area (Å²) >= 11 is 6.09. The molecule has 2 aromatic heterocycles. The first kappa shape index (κ1) is 20.9. The number of hydrogen-bond donors (Lipinski definition) is 2. The van der Waals surface area contributed by atoms with Crippen LogP contribution in [0.3, 0.4) is 0 Å². The molecule has 3 N–H and O–H groups in total. The Balaban J connectivity index is 1.84. The third-order valence-electron chi connectivity index (χ3n) is 4.85. The van der Waals surface area contributed by atoms with E-state index in [-0.39, 0.29) is 0 Å².